The van der Waals surface area contributed by atoms with Crippen molar-refractivity contribution in [1.82, 2.24) is 4.98 Å². The number of rotatable bonds is 2. The zero-order valence-corrected chi connectivity index (χ0v) is 14.0. The van der Waals surface area contributed by atoms with Gasteiger partial charge in [0.2, 0.25) is 5.56 Å². The molecule has 2 aromatic carbocycles. The maximum Gasteiger partial charge on any atom is 0.248 e. The highest BCUT2D eigenvalue weighted by Gasteiger charge is 2.02. The molecule has 0 bridgehead atoms. The molecule has 0 spiro atoms. The van der Waals surface area contributed by atoms with E-state index in [1.807, 2.05) is 37.3 Å². The summed E-state index contributed by atoms with van der Waals surface area (Å²) in [5, 5.41) is 10.8. The smallest absolute Gasteiger partial charge is 0.248 e. The van der Waals surface area contributed by atoms with Gasteiger partial charge in [0.05, 0.1) is 11.2 Å². The fourth-order valence-corrected chi connectivity index (χ4v) is 2.79. The predicted molar refractivity (Wildman–Crippen MR) is 97.4 cm³/mol. The Labute approximate surface area is 140 Å². The summed E-state index contributed by atoms with van der Waals surface area (Å²) in [6.07, 6.45) is 1.62. The topological polar surface area (TPSA) is 65.5 Å². The van der Waals surface area contributed by atoms with Gasteiger partial charge in [-0.3, -0.25) is 9.79 Å². The first kappa shape index (κ1) is 14.8. The molecule has 0 aliphatic heterocycles. The monoisotopic (exact) mass is 404 g/mol. The Hall–Kier alpha value is -2.15. The molecule has 2 N–H and O–H groups in total. The molecule has 3 rings (SSSR count). The lowest BCUT2D eigenvalue weighted by molar-refractivity contribution is 0.474. The van der Waals surface area contributed by atoms with Crippen LogP contribution in [0.4, 0.5) is 5.69 Å². The van der Waals surface area contributed by atoms with E-state index in [9.17, 15) is 9.90 Å². The first-order valence-electron chi connectivity index (χ1n) is 6.69. The number of pyridine rings is 1. The van der Waals surface area contributed by atoms with E-state index in [-0.39, 0.29) is 11.3 Å². The van der Waals surface area contributed by atoms with Gasteiger partial charge < -0.3 is 10.1 Å². The Morgan fingerprint density at radius 1 is 1.18 bits per heavy atom. The summed E-state index contributed by atoms with van der Waals surface area (Å²) in [6.45, 7) is 1.91. The van der Waals surface area contributed by atoms with Crippen LogP contribution < -0.4 is 5.56 Å². The number of aryl methyl sites for hydroxylation is 1. The molecule has 110 valence electrons. The Morgan fingerprint density at radius 2 is 2.00 bits per heavy atom. The van der Waals surface area contributed by atoms with E-state index in [0.717, 1.165) is 20.0 Å². The third kappa shape index (κ3) is 3.04. The zero-order valence-electron chi connectivity index (χ0n) is 11.8. The van der Waals surface area contributed by atoms with Crippen molar-refractivity contribution in [3.8, 4) is 5.75 Å². The molecule has 0 unspecified atom stereocenters. The van der Waals surface area contributed by atoms with E-state index >= 15 is 0 Å². The van der Waals surface area contributed by atoms with Crippen LogP contribution in [0.15, 0.2) is 52.3 Å². The molecule has 0 fully saturated rings. The largest absolute Gasteiger partial charge is 0.507 e. The van der Waals surface area contributed by atoms with E-state index in [1.54, 1.807) is 18.3 Å². The van der Waals surface area contributed by atoms with Crippen LogP contribution >= 0.6 is 22.6 Å². The number of phenolic OH excluding ortho intramolecular Hbond substituents is 1. The van der Waals surface area contributed by atoms with Crippen LogP contribution in [0.5, 0.6) is 5.75 Å². The van der Waals surface area contributed by atoms with Gasteiger partial charge in [0.1, 0.15) is 5.75 Å². The van der Waals surface area contributed by atoms with Crippen molar-refractivity contribution in [2.24, 2.45) is 4.99 Å². The number of halogens is 1. The Morgan fingerprint density at radius 3 is 2.82 bits per heavy atom. The Balaban J connectivity index is 2.02. The second-order valence-electron chi connectivity index (χ2n) is 5.01. The van der Waals surface area contributed by atoms with Crippen LogP contribution in [0, 0.1) is 10.5 Å². The number of nitrogens with one attached hydrogen (secondary N) is 1. The molecule has 3 aromatic rings. The van der Waals surface area contributed by atoms with Crippen LogP contribution in [-0.2, 0) is 0 Å². The number of aliphatic imine (C=N–C) groups is 1. The van der Waals surface area contributed by atoms with E-state index in [0.29, 0.717) is 11.3 Å². The predicted octanol–water partition coefficient (Wildman–Crippen LogP) is 3.90. The van der Waals surface area contributed by atoms with Crippen LogP contribution in [0.3, 0.4) is 0 Å². The molecule has 0 saturated heterocycles. The van der Waals surface area contributed by atoms with Crippen LogP contribution in [-0.4, -0.2) is 16.3 Å². The van der Waals surface area contributed by atoms with Gasteiger partial charge in [0.15, 0.2) is 0 Å². The van der Waals surface area contributed by atoms with Crippen LogP contribution in [0.1, 0.15) is 11.1 Å². The molecule has 0 saturated carbocycles. The van der Waals surface area contributed by atoms with E-state index in [2.05, 4.69) is 32.6 Å². The minimum Gasteiger partial charge on any atom is -0.507 e. The minimum absolute atomic E-state index is 0.124. The normalized spacial score (nSPS) is 11.4. The lowest BCUT2D eigenvalue weighted by atomic mass is 10.1. The number of hydrogen-bond acceptors (Lipinski definition) is 3. The van der Waals surface area contributed by atoms with E-state index < -0.39 is 0 Å². The van der Waals surface area contributed by atoms with Crippen molar-refractivity contribution in [2.75, 3.05) is 0 Å². The zero-order chi connectivity index (χ0) is 15.7. The lowest BCUT2D eigenvalue weighted by Gasteiger charge is -2.03. The summed E-state index contributed by atoms with van der Waals surface area (Å²) in [6, 6.07) is 12.5. The lowest BCUT2D eigenvalue weighted by Crippen LogP contribution is -2.04. The Kier molecular flexibility index (Phi) is 3.98. The first-order chi connectivity index (χ1) is 10.5. The maximum absolute atomic E-state index is 11.5. The third-order valence-corrected chi connectivity index (χ3v) is 4.05. The van der Waals surface area contributed by atoms with Crippen molar-refractivity contribution in [2.45, 2.75) is 6.92 Å². The standard InChI is InChI=1S/C17H13IN2O2/c1-10-6-17(22)20-15-8-13(3-4-14(10)15)19-9-11-7-12(18)2-5-16(11)21/h2-9,21H,1H3,(H,20,22). The average molecular weight is 404 g/mol. The molecule has 0 amide bonds. The first-order valence-corrected chi connectivity index (χ1v) is 7.77. The second kappa shape index (κ2) is 5.92. The van der Waals surface area contributed by atoms with Crippen LogP contribution in [0.2, 0.25) is 0 Å². The summed E-state index contributed by atoms with van der Waals surface area (Å²) < 4.78 is 1.02. The summed E-state index contributed by atoms with van der Waals surface area (Å²) in [7, 11) is 0. The summed E-state index contributed by atoms with van der Waals surface area (Å²) in [5.41, 5.74) is 2.94. The maximum atomic E-state index is 11.5. The van der Waals surface area contributed by atoms with Crippen LogP contribution in [0.25, 0.3) is 10.9 Å². The molecule has 1 heterocycles. The number of phenols is 1. The highest BCUT2D eigenvalue weighted by molar-refractivity contribution is 14.1. The molecule has 1 aromatic heterocycles. The molecule has 22 heavy (non-hydrogen) atoms. The van der Waals surface area contributed by atoms with Gasteiger partial charge in [-0.2, -0.15) is 0 Å². The number of fused-ring (bicyclic) bond motifs is 1. The van der Waals surface area contributed by atoms with Crippen molar-refractivity contribution in [3.63, 3.8) is 0 Å². The van der Waals surface area contributed by atoms with Gasteiger partial charge in [-0.15, -0.1) is 0 Å². The summed E-state index contributed by atoms with van der Waals surface area (Å²) >= 11 is 2.18. The third-order valence-electron chi connectivity index (χ3n) is 3.38. The molecular formula is C17H13IN2O2. The quantitative estimate of drug-likeness (QED) is 0.503. The molecule has 5 heteroatoms. The second-order valence-corrected chi connectivity index (χ2v) is 6.25. The highest BCUT2D eigenvalue weighted by Crippen LogP contribution is 2.22. The number of H-pyrrole nitrogens is 1. The number of hydrogen-bond donors (Lipinski definition) is 2. The van der Waals surface area contributed by atoms with Gasteiger partial charge in [-0.1, -0.05) is 6.07 Å². The average Bonchev–Trinajstić information content (AvgIpc) is 2.47. The SMILES string of the molecule is Cc1cc(=O)[nH]c2cc(N=Cc3cc(I)ccc3O)ccc12. The molecule has 4 nitrogen and oxygen atoms in total. The summed E-state index contributed by atoms with van der Waals surface area (Å²) in [5.74, 6) is 0.189. The fraction of sp³-hybridized carbons (Fsp3) is 0.0588. The van der Waals surface area contributed by atoms with Gasteiger partial charge in [-0.25, -0.2) is 0 Å². The Bertz CT molecular complexity index is 945. The van der Waals surface area contributed by atoms with Gasteiger partial charge in [0, 0.05) is 26.8 Å². The van der Waals surface area contributed by atoms with Gasteiger partial charge in [0.25, 0.3) is 0 Å². The van der Waals surface area contributed by atoms with Crippen molar-refractivity contribution in [3.05, 3.63) is 67.5 Å². The number of aromatic nitrogens is 1. The van der Waals surface area contributed by atoms with Crippen molar-refractivity contribution >= 4 is 45.4 Å². The van der Waals surface area contributed by atoms with Gasteiger partial charge >= 0.3 is 0 Å². The number of aromatic hydroxyl groups is 1. The van der Waals surface area contributed by atoms with Crippen molar-refractivity contribution < 1.29 is 5.11 Å². The number of benzene rings is 2. The highest BCUT2D eigenvalue weighted by atomic mass is 127. The molecular weight excluding hydrogens is 391 g/mol. The van der Waals surface area contributed by atoms with Gasteiger partial charge in [-0.05, 0) is 65.4 Å². The molecule has 0 aliphatic carbocycles. The molecule has 0 radical (unpaired) electrons. The summed E-state index contributed by atoms with van der Waals surface area (Å²) in [4.78, 5) is 18.7. The van der Waals surface area contributed by atoms with E-state index in [4.69, 9.17) is 0 Å². The fourth-order valence-electron chi connectivity index (χ4n) is 2.28. The molecule has 0 aliphatic rings. The number of nitrogens with zero attached hydrogens (tertiary/aromatic N) is 1. The molecule has 0 atom stereocenters. The van der Waals surface area contributed by atoms with E-state index in [1.165, 1.54) is 0 Å². The minimum atomic E-state index is -0.124. The number of aromatic amines is 1. The van der Waals surface area contributed by atoms with Crippen molar-refractivity contribution in [1.29, 1.82) is 0 Å².